The smallest absolute Gasteiger partial charge is 0.339 e. The first-order valence-electron chi connectivity index (χ1n) is 10.3. The molecule has 156 valence electrons. The lowest BCUT2D eigenvalue weighted by atomic mass is 9.84. The van der Waals surface area contributed by atoms with E-state index in [1.807, 2.05) is 33.8 Å². The summed E-state index contributed by atoms with van der Waals surface area (Å²) in [5, 5.41) is 0. The second-order valence-corrected chi connectivity index (χ2v) is 8.79. The standard InChI is InChI=1S/C25H32O4/c1-15-10-11-16(2)22(23(24(26)27-7)29-25(4,5)6)21(15)19-12-13-20-18(17(19)3)9-8-14-28-20/h10-13,23H,8-9,14H2,1-7H3. The van der Waals surface area contributed by atoms with E-state index < -0.39 is 11.7 Å². The highest BCUT2D eigenvalue weighted by atomic mass is 16.6. The van der Waals surface area contributed by atoms with Gasteiger partial charge in [-0.05, 0) is 93.8 Å². The number of carbonyl (C=O) groups is 1. The van der Waals surface area contributed by atoms with Crippen molar-refractivity contribution in [3.63, 3.8) is 0 Å². The van der Waals surface area contributed by atoms with E-state index in [1.54, 1.807) is 0 Å². The number of hydrogen-bond donors (Lipinski definition) is 0. The molecule has 0 N–H and O–H groups in total. The molecule has 1 heterocycles. The number of carbonyl (C=O) groups excluding carboxylic acids is 1. The molecule has 2 aromatic rings. The summed E-state index contributed by atoms with van der Waals surface area (Å²) in [6.45, 7) is 12.9. The van der Waals surface area contributed by atoms with E-state index in [2.05, 4.69) is 32.0 Å². The van der Waals surface area contributed by atoms with E-state index in [0.29, 0.717) is 0 Å². The number of rotatable bonds is 4. The highest BCUT2D eigenvalue weighted by Gasteiger charge is 2.32. The first-order chi connectivity index (χ1) is 13.6. The van der Waals surface area contributed by atoms with Crippen LogP contribution in [0, 0.1) is 20.8 Å². The number of esters is 1. The molecular weight excluding hydrogens is 364 g/mol. The maximum atomic E-state index is 12.8. The van der Waals surface area contributed by atoms with Gasteiger partial charge in [-0.15, -0.1) is 0 Å². The summed E-state index contributed by atoms with van der Waals surface area (Å²) in [6, 6.07) is 8.32. The van der Waals surface area contributed by atoms with Crippen LogP contribution >= 0.6 is 0 Å². The van der Waals surface area contributed by atoms with E-state index in [4.69, 9.17) is 14.2 Å². The highest BCUT2D eigenvalue weighted by molar-refractivity contribution is 5.85. The molecule has 0 aliphatic carbocycles. The lowest BCUT2D eigenvalue weighted by Gasteiger charge is -2.30. The molecule has 1 unspecified atom stereocenters. The monoisotopic (exact) mass is 396 g/mol. The zero-order valence-electron chi connectivity index (χ0n) is 18.6. The zero-order valence-corrected chi connectivity index (χ0v) is 18.6. The molecule has 4 heteroatoms. The van der Waals surface area contributed by atoms with Crippen molar-refractivity contribution in [1.82, 2.24) is 0 Å². The Morgan fingerprint density at radius 2 is 1.76 bits per heavy atom. The first kappa shape index (κ1) is 21.4. The Morgan fingerprint density at radius 3 is 2.41 bits per heavy atom. The molecule has 0 fully saturated rings. The third kappa shape index (κ3) is 4.32. The fourth-order valence-corrected chi connectivity index (χ4v) is 4.09. The quantitative estimate of drug-likeness (QED) is 0.628. The maximum Gasteiger partial charge on any atom is 0.339 e. The fourth-order valence-electron chi connectivity index (χ4n) is 4.09. The molecule has 1 aliphatic heterocycles. The number of aryl methyl sites for hydroxylation is 2. The van der Waals surface area contributed by atoms with Gasteiger partial charge in [0.15, 0.2) is 6.10 Å². The number of methoxy groups -OCH3 is 1. The van der Waals surface area contributed by atoms with Crippen molar-refractivity contribution in [2.75, 3.05) is 13.7 Å². The van der Waals surface area contributed by atoms with Crippen molar-refractivity contribution in [2.24, 2.45) is 0 Å². The normalized spacial score (nSPS) is 14.7. The summed E-state index contributed by atoms with van der Waals surface area (Å²) in [5.41, 5.74) is 7.14. The van der Waals surface area contributed by atoms with Crippen LogP contribution in [0.2, 0.25) is 0 Å². The molecule has 4 nitrogen and oxygen atoms in total. The number of benzene rings is 2. The van der Waals surface area contributed by atoms with Gasteiger partial charge in [0.05, 0.1) is 19.3 Å². The second-order valence-electron chi connectivity index (χ2n) is 8.79. The van der Waals surface area contributed by atoms with Gasteiger partial charge < -0.3 is 14.2 Å². The Kier molecular flexibility index (Phi) is 6.04. The largest absolute Gasteiger partial charge is 0.493 e. The molecule has 0 radical (unpaired) electrons. The van der Waals surface area contributed by atoms with Crippen LogP contribution in [0.5, 0.6) is 5.75 Å². The van der Waals surface area contributed by atoms with Crippen LogP contribution in [0.3, 0.4) is 0 Å². The van der Waals surface area contributed by atoms with E-state index >= 15 is 0 Å². The predicted molar refractivity (Wildman–Crippen MR) is 116 cm³/mol. The lowest BCUT2D eigenvalue weighted by Crippen LogP contribution is -2.29. The number of fused-ring (bicyclic) bond motifs is 1. The predicted octanol–water partition coefficient (Wildman–Crippen LogP) is 5.63. The summed E-state index contributed by atoms with van der Waals surface area (Å²) >= 11 is 0. The Labute approximate surface area is 174 Å². The molecule has 1 atom stereocenters. The van der Waals surface area contributed by atoms with Crippen molar-refractivity contribution < 1.29 is 19.0 Å². The average molecular weight is 397 g/mol. The molecular formula is C25H32O4. The van der Waals surface area contributed by atoms with E-state index in [1.165, 1.54) is 18.2 Å². The summed E-state index contributed by atoms with van der Waals surface area (Å²) in [4.78, 5) is 12.8. The Morgan fingerprint density at radius 1 is 1.07 bits per heavy atom. The molecule has 1 aliphatic rings. The fraction of sp³-hybridized carbons (Fsp3) is 0.480. The molecule has 29 heavy (non-hydrogen) atoms. The summed E-state index contributed by atoms with van der Waals surface area (Å²) in [7, 11) is 1.41. The van der Waals surface area contributed by atoms with Gasteiger partial charge in [-0.3, -0.25) is 0 Å². The number of ether oxygens (including phenoxy) is 3. The summed E-state index contributed by atoms with van der Waals surface area (Å²) in [6.07, 6.45) is 1.24. The molecule has 0 spiro atoms. The van der Waals surface area contributed by atoms with Gasteiger partial charge in [-0.1, -0.05) is 18.2 Å². The maximum absolute atomic E-state index is 12.8. The molecule has 0 aromatic heterocycles. The molecule has 0 saturated heterocycles. The van der Waals surface area contributed by atoms with Crippen LogP contribution in [0.4, 0.5) is 0 Å². The van der Waals surface area contributed by atoms with E-state index in [0.717, 1.165) is 53.0 Å². The summed E-state index contributed by atoms with van der Waals surface area (Å²) < 4.78 is 17.2. The van der Waals surface area contributed by atoms with Crippen molar-refractivity contribution in [3.8, 4) is 16.9 Å². The van der Waals surface area contributed by atoms with Gasteiger partial charge in [-0.25, -0.2) is 4.79 Å². The minimum absolute atomic E-state index is 0.381. The third-order valence-corrected chi connectivity index (χ3v) is 5.47. The van der Waals surface area contributed by atoms with Crippen LogP contribution in [0.15, 0.2) is 24.3 Å². The van der Waals surface area contributed by atoms with Crippen molar-refractivity contribution in [1.29, 1.82) is 0 Å². The Hall–Kier alpha value is -2.33. The van der Waals surface area contributed by atoms with Crippen molar-refractivity contribution in [2.45, 2.75) is 66.1 Å². The van der Waals surface area contributed by atoms with Gasteiger partial charge in [0.2, 0.25) is 0 Å². The molecule has 0 bridgehead atoms. The Bertz CT molecular complexity index is 921. The van der Waals surface area contributed by atoms with Crippen LogP contribution in [0.25, 0.3) is 11.1 Å². The second kappa shape index (κ2) is 8.19. The van der Waals surface area contributed by atoms with Gasteiger partial charge in [-0.2, -0.15) is 0 Å². The first-order valence-corrected chi connectivity index (χ1v) is 10.3. The zero-order chi connectivity index (χ0) is 21.3. The minimum atomic E-state index is -0.790. The molecule has 0 amide bonds. The van der Waals surface area contributed by atoms with Gasteiger partial charge >= 0.3 is 5.97 Å². The number of hydrogen-bond acceptors (Lipinski definition) is 4. The Balaban J connectivity index is 2.26. The van der Waals surface area contributed by atoms with Crippen LogP contribution in [0.1, 0.15) is 61.1 Å². The molecule has 3 rings (SSSR count). The van der Waals surface area contributed by atoms with Crippen LogP contribution in [-0.2, 0) is 20.7 Å². The SMILES string of the molecule is COC(=O)C(OC(C)(C)C)c1c(C)ccc(C)c1-c1ccc2c(c1C)CCCO2. The van der Waals surface area contributed by atoms with E-state index in [-0.39, 0.29) is 5.97 Å². The van der Waals surface area contributed by atoms with Crippen LogP contribution in [-0.4, -0.2) is 25.3 Å². The molecule has 2 aromatic carbocycles. The van der Waals surface area contributed by atoms with Crippen molar-refractivity contribution in [3.05, 3.63) is 52.1 Å². The topological polar surface area (TPSA) is 44.8 Å². The highest BCUT2D eigenvalue weighted by Crippen LogP contribution is 2.42. The molecule has 0 saturated carbocycles. The minimum Gasteiger partial charge on any atom is -0.493 e. The summed E-state index contributed by atoms with van der Waals surface area (Å²) in [5.74, 6) is 0.591. The average Bonchev–Trinajstić information content (AvgIpc) is 2.67. The van der Waals surface area contributed by atoms with Gasteiger partial charge in [0.25, 0.3) is 0 Å². The van der Waals surface area contributed by atoms with Gasteiger partial charge in [0.1, 0.15) is 5.75 Å². The van der Waals surface area contributed by atoms with Gasteiger partial charge in [0, 0.05) is 5.56 Å². The van der Waals surface area contributed by atoms with Crippen molar-refractivity contribution >= 4 is 5.97 Å². The third-order valence-electron chi connectivity index (χ3n) is 5.47. The van der Waals surface area contributed by atoms with Crippen LogP contribution < -0.4 is 4.74 Å². The van der Waals surface area contributed by atoms with E-state index in [9.17, 15) is 4.79 Å². The lowest BCUT2D eigenvalue weighted by molar-refractivity contribution is -0.164.